The van der Waals surface area contributed by atoms with Crippen molar-refractivity contribution in [2.75, 3.05) is 5.32 Å². The van der Waals surface area contributed by atoms with E-state index in [9.17, 15) is 4.79 Å². The van der Waals surface area contributed by atoms with Crippen molar-refractivity contribution in [3.63, 3.8) is 0 Å². The maximum atomic E-state index is 12.8. The first-order valence-corrected chi connectivity index (χ1v) is 9.85. The molecular weight excluding hydrogens is 430 g/mol. The van der Waals surface area contributed by atoms with Gasteiger partial charge in [-0.1, -0.05) is 36.7 Å². The number of carbonyl (C=O) groups is 1. The van der Waals surface area contributed by atoms with Gasteiger partial charge < -0.3 is 5.32 Å². The van der Waals surface area contributed by atoms with Crippen molar-refractivity contribution >= 4 is 39.1 Å². The molecule has 6 nitrogen and oxygen atoms in total. The van der Waals surface area contributed by atoms with E-state index in [2.05, 4.69) is 31.4 Å². The van der Waals surface area contributed by atoms with Gasteiger partial charge in [0, 0.05) is 11.2 Å². The van der Waals surface area contributed by atoms with Crippen molar-refractivity contribution in [3.05, 3.63) is 63.1 Å². The van der Waals surface area contributed by atoms with Gasteiger partial charge in [0.05, 0.1) is 34.3 Å². The lowest BCUT2D eigenvalue weighted by Gasteiger charge is -2.16. The van der Waals surface area contributed by atoms with E-state index in [1.807, 2.05) is 49.7 Å². The zero-order chi connectivity index (χ0) is 19.6. The summed E-state index contributed by atoms with van der Waals surface area (Å²) >= 11 is 9.63. The molecule has 8 heteroatoms. The summed E-state index contributed by atoms with van der Waals surface area (Å²) in [5.41, 5.74) is 3.37. The summed E-state index contributed by atoms with van der Waals surface area (Å²) in [7, 11) is 0. The van der Waals surface area contributed by atoms with Crippen molar-refractivity contribution in [1.82, 2.24) is 19.6 Å². The van der Waals surface area contributed by atoms with E-state index in [4.69, 9.17) is 11.6 Å². The largest absolute Gasteiger partial charge is 0.321 e. The Bertz CT molecular complexity index is 965. The third-order valence-electron chi connectivity index (χ3n) is 4.49. The third kappa shape index (κ3) is 4.25. The van der Waals surface area contributed by atoms with Crippen LogP contribution < -0.4 is 5.32 Å². The van der Waals surface area contributed by atoms with E-state index in [0.29, 0.717) is 18.0 Å². The highest BCUT2D eigenvalue weighted by Crippen LogP contribution is 2.24. The lowest BCUT2D eigenvalue weighted by molar-refractivity contribution is -0.119. The first-order valence-electron chi connectivity index (χ1n) is 8.68. The molecule has 0 bridgehead atoms. The zero-order valence-electron chi connectivity index (χ0n) is 15.4. The Morgan fingerprint density at radius 2 is 2.07 bits per heavy atom. The van der Waals surface area contributed by atoms with Gasteiger partial charge in [0.2, 0.25) is 5.91 Å². The number of amides is 1. The van der Waals surface area contributed by atoms with Crippen molar-refractivity contribution in [2.45, 2.75) is 39.8 Å². The van der Waals surface area contributed by atoms with Crippen LogP contribution in [0.2, 0.25) is 5.02 Å². The average molecular weight is 451 g/mol. The molecule has 0 saturated carbocycles. The maximum Gasteiger partial charge on any atom is 0.249 e. The molecule has 0 radical (unpaired) electrons. The number of aromatic nitrogens is 4. The summed E-state index contributed by atoms with van der Waals surface area (Å²) in [6.45, 7) is 6.33. The Hall–Kier alpha value is -2.12. The molecule has 3 aromatic rings. The molecule has 0 aliphatic carbocycles. The molecule has 142 valence electrons. The van der Waals surface area contributed by atoms with Gasteiger partial charge in [0.1, 0.15) is 6.04 Å². The minimum Gasteiger partial charge on any atom is -0.321 e. The van der Waals surface area contributed by atoms with Crippen LogP contribution in [-0.2, 0) is 11.3 Å². The number of hydrogen-bond acceptors (Lipinski definition) is 3. The Kier molecular flexibility index (Phi) is 6.01. The number of nitrogens with one attached hydrogen (secondary N) is 1. The van der Waals surface area contributed by atoms with Gasteiger partial charge in [-0.3, -0.25) is 14.2 Å². The number of benzene rings is 1. The smallest absolute Gasteiger partial charge is 0.249 e. The molecule has 1 aromatic carbocycles. The summed E-state index contributed by atoms with van der Waals surface area (Å²) in [5.74, 6) is -0.114. The molecule has 2 heterocycles. The highest BCUT2D eigenvalue weighted by atomic mass is 79.9. The number of aryl methyl sites for hydroxylation is 1. The second-order valence-electron chi connectivity index (χ2n) is 6.35. The molecule has 1 unspecified atom stereocenters. The molecule has 0 fully saturated rings. The number of halogens is 2. The van der Waals surface area contributed by atoms with Crippen LogP contribution in [0.15, 0.2) is 41.1 Å². The molecule has 1 N–H and O–H groups in total. The van der Waals surface area contributed by atoms with Gasteiger partial charge in [0.25, 0.3) is 0 Å². The SMILES string of the molecule is CCC(C(=O)Nc1c(C)nn(Cc2ccccc2Cl)c1C)n1cc(Br)cn1. The fourth-order valence-electron chi connectivity index (χ4n) is 3.00. The minimum atomic E-state index is -0.387. The van der Waals surface area contributed by atoms with Crippen molar-refractivity contribution < 1.29 is 4.79 Å². The van der Waals surface area contributed by atoms with Crippen molar-refractivity contribution in [2.24, 2.45) is 0 Å². The monoisotopic (exact) mass is 449 g/mol. The van der Waals surface area contributed by atoms with Crippen LogP contribution in [0.3, 0.4) is 0 Å². The van der Waals surface area contributed by atoms with Crippen LogP contribution in [0.4, 0.5) is 5.69 Å². The number of nitrogens with zero attached hydrogens (tertiary/aromatic N) is 4. The number of anilines is 1. The number of hydrogen-bond donors (Lipinski definition) is 1. The summed E-state index contributed by atoms with van der Waals surface area (Å²) in [4.78, 5) is 12.8. The van der Waals surface area contributed by atoms with Gasteiger partial charge in [-0.25, -0.2) is 0 Å². The Morgan fingerprint density at radius 3 is 2.70 bits per heavy atom. The van der Waals surface area contributed by atoms with E-state index >= 15 is 0 Å². The maximum absolute atomic E-state index is 12.8. The number of carbonyl (C=O) groups excluding carboxylic acids is 1. The predicted molar refractivity (Wildman–Crippen MR) is 110 cm³/mol. The first kappa shape index (κ1) is 19.6. The van der Waals surface area contributed by atoms with E-state index in [-0.39, 0.29) is 11.9 Å². The second-order valence-corrected chi connectivity index (χ2v) is 7.67. The Labute approximate surface area is 171 Å². The van der Waals surface area contributed by atoms with Crippen LogP contribution in [0.5, 0.6) is 0 Å². The van der Waals surface area contributed by atoms with Crippen LogP contribution in [0.1, 0.15) is 36.3 Å². The summed E-state index contributed by atoms with van der Waals surface area (Å²) < 4.78 is 4.37. The van der Waals surface area contributed by atoms with Gasteiger partial charge in [-0.2, -0.15) is 10.2 Å². The molecular formula is C19H21BrClN5O. The summed E-state index contributed by atoms with van der Waals surface area (Å²) in [5, 5.41) is 12.5. The summed E-state index contributed by atoms with van der Waals surface area (Å²) in [6.07, 6.45) is 4.11. The zero-order valence-corrected chi connectivity index (χ0v) is 17.8. The van der Waals surface area contributed by atoms with E-state index in [0.717, 1.165) is 27.1 Å². The van der Waals surface area contributed by atoms with Crippen LogP contribution >= 0.6 is 27.5 Å². The van der Waals surface area contributed by atoms with Gasteiger partial charge in [0.15, 0.2) is 0 Å². The normalized spacial score (nSPS) is 12.2. The molecule has 0 spiro atoms. The lowest BCUT2D eigenvalue weighted by Crippen LogP contribution is -2.26. The van der Waals surface area contributed by atoms with Crippen LogP contribution in [0, 0.1) is 13.8 Å². The quantitative estimate of drug-likeness (QED) is 0.589. The molecule has 0 aliphatic rings. The highest BCUT2D eigenvalue weighted by Gasteiger charge is 2.22. The fraction of sp³-hybridized carbons (Fsp3) is 0.316. The number of rotatable bonds is 6. The standard InChI is InChI=1S/C19H21BrClN5O/c1-4-17(26-11-15(20)9-22-26)19(27)23-18-12(2)24-25(13(18)3)10-14-7-5-6-8-16(14)21/h5-9,11,17H,4,10H2,1-3H3,(H,23,27). The Balaban J connectivity index is 1.82. The summed E-state index contributed by atoms with van der Waals surface area (Å²) in [6, 6.07) is 7.29. The molecule has 2 aromatic heterocycles. The minimum absolute atomic E-state index is 0.114. The van der Waals surface area contributed by atoms with E-state index < -0.39 is 0 Å². The van der Waals surface area contributed by atoms with Crippen molar-refractivity contribution in [3.8, 4) is 0 Å². The third-order valence-corrected chi connectivity index (χ3v) is 5.26. The lowest BCUT2D eigenvalue weighted by atomic mass is 10.2. The second kappa shape index (κ2) is 8.27. The van der Waals surface area contributed by atoms with Crippen LogP contribution in [0.25, 0.3) is 0 Å². The molecule has 0 aliphatic heterocycles. The Morgan fingerprint density at radius 1 is 1.33 bits per heavy atom. The van der Waals surface area contributed by atoms with E-state index in [1.54, 1.807) is 17.1 Å². The topological polar surface area (TPSA) is 64.7 Å². The fourth-order valence-corrected chi connectivity index (χ4v) is 3.50. The molecule has 27 heavy (non-hydrogen) atoms. The van der Waals surface area contributed by atoms with Crippen molar-refractivity contribution in [1.29, 1.82) is 0 Å². The van der Waals surface area contributed by atoms with Crippen LogP contribution in [-0.4, -0.2) is 25.5 Å². The van der Waals surface area contributed by atoms with Gasteiger partial charge >= 0.3 is 0 Å². The van der Waals surface area contributed by atoms with Gasteiger partial charge in [-0.05, 0) is 47.8 Å². The first-order chi connectivity index (χ1) is 12.9. The molecule has 3 rings (SSSR count). The molecule has 1 atom stereocenters. The highest BCUT2D eigenvalue weighted by molar-refractivity contribution is 9.10. The van der Waals surface area contributed by atoms with Gasteiger partial charge in [-0.15, -0.1) is 0 Å². The molecule has 1 amide bonds. The predicted octanol–water partition coefficient (Wildman–Crippen LogP) is 4.75. The average Bonchev–Trinajstić information content (AvgIpc) is 3.16. The molecule has 0 saturated heterocycles. The van der Waals surface area contributed by atoms with E-state index in [1.165, 1.54) is 0 Å².